The Kier molecular flexibility index (Phi) is 3.59. The Hall–Kier alpha value is -2.02. The predicted molar refractivity (Wildman–Crippen MR) is 89.4 cm³/mol. The first-order valence-electron chi connectivity index (χ1n) is 6.31. The Balaban J connectivity index is 2.36. The van der Waals surface area contributed by atoms with Crippen molar-refractivity contribution in [3.63, 3.8) is 0 Å². The van der Waals surface area contributed by atoms with Crippen molar-refractivity contribution >= 4 is 39.5 Å². The van der Waals surface area contributed by atoms with Gasteiger partial charge in [0.15, 0.2) is 0 Å². The summed E-state index contributed by atoms with van der Waals surface area (Å²) in [5.74, 6) is -0.959. The number of aromatic nitrogens is 2. The molecule has 3 rings (SSSR count). The summed E-state index contributed by atoms with van der Waals surface area (Å²) in [6.45, 7) is 1.79. The maximum Gasteiger partial charge on any atom is 0.336 e. The molecule has 1 aromatic carbocycles. The Morgan fingerprint density at radius 1 is 1.19 bits per heavy atom. The molecule has 0 spiro atoms. The van der Waals surface area contributed by atoms with E-state index in [-0.39, 0.29) is 5.56 Å². The van der Waals surface area contributed by atoms with E-state index in [1.807, 2.05) is 24.3 Å². The van der Waals surface area contributed by atoms with E-state index >= 15 is 0 Å². The van der Waals surface area contributed by atoms with Crippen LogP contribution in [0.1, 0.15) is 15.9 Å². The highest BCUT2D eigenvalue weighted by molar-refractivity contribution is 14.1. The van der Waals surface area contributed by atoms with Gasteiger partial charge in [-0.1, -0.05) is 12.1 Å². The van der Waals surface area contributed by atoms with Crippen molar-refractivity contribution in [3.05, 3.63) is 57.4 Å². The first kappa shape index (κ1) is 13.9. The highest BCUT2D eigenvalue weighted by atomic mass is 127. The summed E-state index contributed by atoms with van der Waals surface area (Å²) in [5, 5.41) is 10.1. The molecule has 0 bridgehead atoms. The number of carbonyl (C=O) groups is 1. The number of carboxylic acids is 1. The molecular formula is C16H11IN2O2. The lowest BCUT2D eigenvalue weighted by Gasteiger charge is -2.11. The van der Waals surface area contributed by atoms with Gasteiger partial charge >= 0.3 is 5.97 Å². The van der Waals surface area contributed by atoms with Crippen LogP contribution in [-0.4, -0.2) is 21.0 Å². The van der Waals surface area contributed by atoms with Gasteiger partial charge in [0.05, 0.1) is 16.8 Å². The molecule has 0 saturated carbocycles. The Labute approximate surface area is 135 Å². The molecule has 0 aliphatic rings. The Bertz CT molecular complexity index is 845. The summed E-state index contributed by atoms with van der Waals surface area (Å²) in [5.41, 5.74) is 3.17. The molecule has 0 atom stereocenters. The zero-order valence-corrected chi connectivity index (χ0v) is 13.3. The van der Waals surface area contributed by atoms with Crippen molar-refractivity contribution in [2.45, 2.75) is 6.92 Å². The summed E-state index contributed by atoms with van der Waals surface area (Å²) in [6.07, 6.45) is 3.17. The quantitative estimate of drug-likeness (QED) is 0.674. The number of pyridine rings is 2. The number of benzene rings is 1. The highest BCUT2D eigenvalue weighted by Crippen LogP contribution is 2.29. The third-order valence-electron chi connectivity index (χ3n) is 3.36. The predicted octanol–water partition coefficient (Wildman–Crippen LogP) is 3.91. The van der Waals surface area contributed by atoms with Gasteiger partial charge in [0.2, 0.25) is 0 Å². The molecule has 0 radical (unpaired) electrons. The molecule has 0 aliphatic heterocycles. The molecule has 104 valence electrons. The van der Waals surface area contributed by atoms with Crippen molar-refractivity contribution in [3.8, 4) is 11.3 Å². The average Bonchev–Trinajstić information content (AvgIpc) is 2.47. The monoisotopic (exact) mass is 390 g/mol. The van der Waals surface area contributed by atoms with Crippen LogP contribution < -0.4 is 0 Å². The smallest absolute Gasteiger partial charge is 0.336 e. The number of hydrogen-bond donors (Lipinski definition) is 1. The lowest BCUT2D eigenvalue weighted by Crippen LogP contribution is -2.05. The van der Waals surface area contributed by atoms with E-state index in [0.717, 1.165) is 9.13 Å². The second kappa shape index (κ2) is 5.40. The molecule has 1 N–H and O–H groups in total. The summed E-state index contributed by atoms with van der Waals surface area (Å²) < 4.78 is 1.12. The van der Waals surface area contributed by atoms with Crippen molar-refractivity contribution in [2.24, 2.45) is 0 Å². The molecule has 0 unspecified atom stereocenters. The summed E-state index contributed by atoms with van der Waals surface area (Å²) in [7, 11) is 0. The fourth-order valence-corrected chi connectivity index (χ4v) is 2.73. The first-order chi connectivity index (χ1) is 10.1. The number of nitrogens with zero attached hydrogens (tertiary/aromatic N) is 2. The van der Waals surface area contributed by atoms with Gasteiger partial charge in [-0.3, -0.25) is 4.98 Å². The van der Waals surface area contributed by atoms with Gasteiger partial charge in [-0.05, 0) is 53.3 Å². The molecular weight excluding hydrogens is 379 g/mol. The van der Waals surface area contributed by atoms with E-state index in [2.05, 4.69) is 32.6 Å². The van der Waals surface area contributed by atoms with Crippen LogP contribution in [0.5, 0.6) is 0 Å². The van der Waals surface area contributed by atoms with Gasteiger partial charge in [-0.2, -0.15) is 0 Å². The van der Waals surface area contributed by atoms with Crippen LogP contribution in [-0.2, 0) is 0 Å². The molecule has 0 amide bonds. The Morgan fingerprint density at radius 2 is 1.90 bits per heavy atom. The molecule has 3 aromatic rings. The number of halogens is 1. The van der Waals surface area contributed by atoms with E-state index in [0.29, 0.717) is 22.2 Å². The van der Waals surface area contributed by atoms with E-state index in [9.17, 15) is 9.90 Å². The van der Waals surface area contributed by atoms with E-state index in [4.69, 9.17) is 0 Å². The van der Waals surface area contributed by atoms with Crippen LogP contribution in [0.2, 0.25) is 0 Å². The minimum Gasteiger partial charge on any atom is -0.478 e. The minimum absolute atomic E-state index is 0.265. The van der Waals surface area contributed by atoms with E-state index in [1.165, 1.54) is 0 Å². The zero-order chi connectivity index (χ0) is 15.0. The van der Waals surface area contributed by atoms with Gasteiger partial charge in [0.1, 0.15) is 0 Å². The number of carboxylic acid groups (broad SMARTS) is 1. The number of fused-ring (bicyclic) bond motifs is 1. The van der Waals surface area contributed by atoms with Crippen LogP contribution in [0, 0.1) is 10.5 Å². The SMILES string of the molecule is Cc1c(-c2ccc(I)cc2)nc2ccncc2c1C(=O)O. The van der Waals surface area contributed by atoms with Crippen LogP contribution >= 0.6 is 22.6 Å². The fraction of sp³-hybridized carbons (Fsp3) is 0.0625. The third-order valence-corrected chi connectivity index (χ3v) is 4.08. The third kappa shape index (κ3) is 2.49. The van der Waals surface area contributed by atoms with Crippen molar-refractivity contribution in [1.82, 2.24) is 9.97 Å². The molecule has 0 fully saturated rings. The van der Waals surface area contributed by atoms with Gasteiger partial charge < -0.3 is 5.11 Å². The van der Waals surface area contributed by atoms with E-state index in [1.54, 1.807) is 25.4 Å². The molecule has 21 heavy (non-hydrogen) atoms. The second-order valence-electron chi connectivity index (χ2n) is 4.67. The van der Waals surface area contributed by atoms with Crippen LogP contribution in [0.4, 0.5) is 0 Å². The van der Waals surface area contributed by atoms with Gasteiger partial charge in [-0.25, -0.2) is 9.78 Å². The number of aromatic carboxylic acids is 1. The number of rotatable bonds is 2. The lowest BCUT2D eigenvalue weighted by atomic mass is 9.99. The first-order valence-corrected chi connectivity index (χ1v) is 7.39. The minimum atomic E-state index is -0.959. The standard InChI is InChI=1S/C16H11IN2O2/c1-9-14(16(20)21)12-8-18-7-6-13(12)19-15(9)10-2-4-11(17)5-3-10/h2-8H,1H3,(H,20,21). The molecule has 4 nitrogen and oxygen atoms in total. The normalized spacial score (nSPS) is 10.8. The van der Waals surface area contributed by atoms with Gasteiger partial charge in [-0.15, -0.1) is 0 Å². The van der Waals surface area contributed by atoms with Crippen LogP contribution in [0.25, 0.3) is 22.2 Å². The van der Waals surface area contributed by atoms with Gasteiger partial charge in [0, 0.05) is 26.9 Å². The largest absolute Gasteiger partial charge is 0.478 e. The summed E-state index contributed by atoms with van der Waals surface area (Å²) in [4.78, 5) is 20.2. The molecule has 0 aliphatic carbocycles. The highest BCUT2D eigenvalue weighted by Gasteiger charge is 2.18. The van der Waals surface area contributed by atoms with E-state index < -0.39 is 5.97 Å². The van der Waals surface area contributed by atoms with Gasteiger partial charge in [0.25, 0.3) is 0 Å². The zero-order valence-electron chi connectivity index (χ0n) is 11.2. The lowest BCUT2D eigenvalue weighted by molar-refractivity contribution is 0.0698. The molecule has 0 saturated heterocycles. The van der Waals surface area contributed by atoms with Crippen molar-refractivity contribution in [2.75, 3.05) is 0 Å². The Morgan fingerprint density at radius 3 is 2.57 bits per heavy atom. The molecule has 2 heterocycles. The van der Waals surface area contributed by atoms with Crippen LogP contribution in [0.15, 0.2) is 42.7 Å². The maximum atomic E-state index is 11.6. The summed E-state index contributed by atoms with van der Waals surface area (Å²) in [6, 6.07) is 9.60. The average molecular weight is 390 g/mol. The molecule has 5 heteroatoms. The maximum absolute atomic E-state index is 11.6. The number of hydrogen-bond acceptors (Lipinski definition) is 3. The topological polar surface area (TPSA) is 63.1 Å². The molecule has 2 aromatic heterocycles. The van der Waals surface area contributed by atoms with Crippen LogP contribution in [0.3, 0.4) is 0 Å². The second-order valence-corrected chi connectivity index (χ2v) is 5.91. The summed E-state index contributed by atoms with van der Waals surface area (Å²) >= 11 is 2.23. The fourth-order valence-electron chi connectivity index (χ4n) is 2.37. The van der Waals surface area contributed by atoms with Crippen molar-refractivity contribution < 1.29 is 9.90 Å². The van der Waals surface area contributed by atoms with Crippen molar-refractivity contribution in [1.29, 1.82) is 0 Å².